The summed E-state index contributed by atoms with van der Waals surface area (Å²) in [6, 6.07) is 9.62. The molecule has 2 nitrogen and oxygen atoms in total. The van der Waals surface area contributed by atoms with Crippen LogP contribution in [0.4, 0.5) is 5.69 Å². The SMILES string of the molecule is CCCNCc1ccccc1N1CCCC1C(C)C. The van der Waals surface area contributed by atoms with Crippen molar-refractivity contribution in [1.82, 2.24) is 5.32 Å². The molecule has 0 saturated carbocycles. The molecule has 1 atom stereocenters. The predicted octanol–water partition coefficient (Wildman–Crippen LogP) is 3.81. The average molecular weight is 260 g/mol. The smallest absolute Gasteiger partial charge is 0.0414 e. The van der Waals surface area contributed by atoms with Crippen molar-refractivity contribution < 1.29 is 0 Å². The lowest BCUT2D eigenvalue weighted by Gasteiger charge is -2.31. The van der Waals surface area contributed by atoms with Crippen molar-refractivity contribution in [2.75, 3.05) is 18.0 Å². The summed E-state index contributed by atoms with van der Waals surface area (Å²) in [5, 5.41) is 3.53. The Morgan fingerprint density at radius 2 is 2.11 bits per heavy atom. The van der Waals surface area contributed by atoms with Gasteiger partial charge in [-0.1, -0.05) is 39.0 Å². The van der Waals surface area contributed by atoms with E-state index in [4.69, 9.17) is 0 Å². The third-order valence-electron chi connectivity index (χ3n) is 4.11. The fraction of sp³-hybridized carbons (Fsp3) is 0.647. The first-order valence-corrected chi connectivity index (χ1v) is 7.79. The number of hydrogen-bond donors (Lipinski definition) is 1. The van der Waals surface area contributed by atoms with Gasteiger partial charge in [0.2, 0.25) is 0 Å². The summed E-state index contributed by atoms with van der Waals surface area (Å²) in [7, 11) is 0. The molecule has 1 N–H and O–H groups in total. The Morgan fingerprint density at radius 1 is 1.32 bits per heavy atom. The van der Waals surface area contributed by atoms with E-state index in [0.29, 0.717) is 6.04 Å². The number of anilines is 1. The molecule has 19 heavy (non-hydrogen) atoms. The van der Waals surface area contributed by atoms with Gasteiger partial charge in [0.1, 0.15) is 0 Å². The highest BCUT2D eigenvalue weighted by Gasteiger charge is 2.28. The lowest BCUT2D eigenvalue weighted by molar-refractivity contribution is 0.491. The molecule has 1 heterocycles. The van der Waals surface area contributed by atoms with Gasteiger partial charge in [0.15, 0.2) is 0 Å². The third kappa shape index (κ3) is 3.50. The molecular formula is C17H28N2. The second-order valence-corrected chi connectivity index (χ2v) is 5.95. The topological polar surface area (TPSA) is 15.3 Å². The molecule has 2 rings (SSSR count). The van der Waals surface area contributed by atoms with Crippen LogP contribution in [0.2, 0.25) is 0 Å². The molecule has 1 aliphatic heterocycles. The second kappa shape index (κ2) is 6.95. The molecule has 1 saturated heterocycles. The van der Waals surface area contributed by atoms with Crippen molar-refractivity contribution >= 4 is 5.69 Å². The minimum absolute atomic E-state index is 0.715. The second-order valence-electron chi connectivity index (χ2n) is 5.95. The molecule has 0 aromatic heterocycles. The van der Waals surface area contributed by atoms with Crippen molar-refractivity contribution in [3.8, 4) is 0 Å². The van der Waals surface area contributed by atoms with Crippen molar-refractivity contribution in [1.29, 1.82) is 0 Å². The van der Waals surface area contributed by atoms with E-state index in [1.807, 2.05) is 0 Å². The van der Waals surface area contributed by atoms with Gasteiger partial charge in [0.25, 0.3) is 0 Å². The van der Waals surface area contributed by atoms with E-state index in [2.05, 4.69) is 55.3 Å². The minimum Gasteiger partial charge on any atom is -0.368 e. The molecule has 2 heteroatoms. The molecule has 1 aromatic carbocycles. The lowest BCUT2D eigenvalue weighted by atomic mass is 10.0. The van der Waals surface area contributed by atoms with Crippen molar-refractivity contribution in [2.45, 2.75) is 52.6 Å². The summed E-state index contributed by atoms with van der Waals surface area (Å²) in [4.78, 5) is 2.63. The van der Waals surface area contributed by atoms with Gasteiger partial charge in [-0.15, -0.1) is 0 Å². The maximum Gasteiger partial charge on any atom is 0.0414 e. The fourth-order valence-electron chi connectivity index (χ4n) is 3.13. The van der Waals surface area contributed by atoms with Gasteiger partial charge < -0.3 is 10.2 Å². The van der Waals surface area contributed by atoms with E-state index >= 15 is 0 Å². The van der Waals surface area contributed by atoms with Crippen LogP contribution in [0, 0.1) is 5.92 Å². The zero-order chi connectivity index (χ0) is 13.7. The minimum atomic E-state index is 0.715. The van der Waals surface area contributed by atoms with E-state index < -0.39 is 0 Å². The first-order chi connectivity index (χ1) is 9.24. The lowest BCUT2D eigenvalue weighted by Crippen LogP contribution is -2.34. The van der Waals surface area contributed by atoms with E-state index in [9.17, 15) is 0 Å². The zero-order valence-corrected chi connectivity index (χ0v) is 12.7. The van der Waals surface area contributed by atoms with Crippen molar-refractivity contribution in [3.63, 3.8) is 0 Å². The van der Waals surface area contributed by atoms with Crippen molar-refractivity contribution in [3.05, 3.63) is 29.8 Å². The Hall–Kier alpha value is -1.02. The maximum absolute atomic E-state index is 3.53. The fourth-order valence-corrected chi connectivity index (χ4v) is 3.13. The van der Waals surface area contributed by atoms with Gasteiger partial charge in [-0.05, 0) is 43.4 Å². The highest BCUT2D eigenvalue weighted by Crippen LogP contribution is 2.31. The van der Waals surface area contributed by atoms with Gasteiger partial charge in [0.05, 0.1) is 0 Å². The van der Waals surface area contributed by atoms with Crippen LogP contribution in [0.25, 0.3) is 0 Å². The summed E-state index contributed by atoms with van der Waals surface area (Å²) in [6.07, 6.45) is 3.87. The number of rotatable bonds is 6. The molecule has 1 aliphatic rings. The van der Waals surface area contributed by atoms with Gasteiger partial charge in [-0.25, -0.2) is 0 Å². The highest BCUT2D eigenvalue weighted by molar-refractivity contribution is 5.55. The standard InChI is InChI=1S/C17H28N2/c1-4-11-18-13-15-8-5-6-9-17(15)19-12-7-10-16(19)14(2)3/h5-6,8-9,14,16,18H,4,7,10-13H2,1-3H3. The Kier molecular flexibility index (Phi) is 5.26. The van der Waals surface area contributed by atoms with Crippen LogP contribution in [0.15, 0.2) is 24.3 Å². The van der Waals surface area contributed by atoms with E-state index in [1.165, 1.54) is 37.1 Å². The molecule has 1 aromatic rings. The molecule has 0 aliphatic carbocycles. The summed E-state index contributed by atoms with van der Waals surface area (Å²) >= 11 is 0. The molecule has 0 spiro atoms. The molecular weight excluding hydrogens is 232 g/mol. The number of hydrogen-bond acceptors (Lipinski definition) is 2. The number of nitrogens with one attached hydrogen (secondary N) is 1. The number of benzene rings is 1. The quantitative estimate of drug-likeness (QED) is 0.782. The molecule has 0 radical (unpaired) electrons. The van der Waals surface area contributed by atoms with Crippen LogP contribution in [-0.4, -0.2) is 19.1 Å². The monoisotopic (exact) mass is 260 g/mol. The molecule has 0 amide bonds. The first kappa shape index (κ1) is 14.4. The average Bonchev–Trinajstić information content (AvgIpc) is 2.89. The number of para-hydroxylation sites is 1. The van der Waals surface area contributed by atoms with Gasteiger partial charge in [0, 0.05) is 24.8 Å². The summed E-state index contributed by atoms with van der Waals surface area (Å²) in [5.74, 6) is 0.735. The van der Waals surface area contributed by atoms with Crippen LogP contribution < -0.4 is 10.2 Å². The van der Waals surface area contributed by atoms with E-state index in [-0.39, 0.29) is 0 Å². The molecule has 1 fully saturated rings. The van der Waals surface area contributed by atoms with Crippen LogP contribution in [-0.2, 0) is 6.54 Å². The van der Waals surface area contributed by atoms with Gasteiger partial charge in [-0.2, -0.15) is 0 Å². The zero-order valence-electron chi connectivity index (χ0n) is 12.7. The predicted molar refractivity (Wildman–Crippen MR) is 83.6 cm³/mol. The Morgan fingerprint density at radius 3 is 2.84 bits per heavy atom. The molecule has 1 unspecified atom stereocenters. The first-order valence-electron chi connectivity index (χ1n) is 7.79. The van der Waals surface area contributed by atoms with E-state index in [1.54, 1.807) is 0 Å². The third-order valence-corrected chi connectivity index (χ3v) is 4.11. The summed E-state index contributed by atoms with van der Waals surface area (Å²) in [6.45, 7) is 10.2. The van der Waals surface area contributed by atoms with E-state index in [0.717, 1.165) is 19.0 Å². The number of nitrogens with zero attached hydrogens (tertiary/aromatic N) is 1. The largest absolute Gasteiger partial charge is 0.368 e. The normalized spacial score (nSPS) is 19.4. The Balaban J connectivity index is 2.14. The summed E-state index contributed by atoms with van der Waals surface area (Å²) in [5.41, 5.74) is 2.89. The van der Waals surface area contributed by atoms with Gasteiger partial charge >= 0.3 is 0 Å². The highest BCUT2D eigenvalue weighted by atomic mass is 15.2. The van der Waals surface area contributed by atoms with Gasteiger partial charge in [-0.3, -0.25) is 0 Å². The Bertz CT molecular complexity index is 387. The Labute approximate surface area is 118 Å². The summed E-state index contributed by atoms with van der Waals surface area (Å²) < 4.78 is 0. The molecule has 0 bridgehead atoms. The van der Waals surface area contributed by atoms with Crippen LogP contribution in [0.5, 0.6) is 0 Å². The van der Waals surface area contributed by atoms with Crippen LogP contribution in [0.1, 0.15) is 45.6 Å². The van der Waals surface area contributed by atoms with Crippen LogP contribution >= 0.6 is 0 Å². The van der Waals surface area contributed by atoms with Crippen molar-refractivity contribution in [2.24, 2.45) is 5.92 Å². The molecule has 106 valence electrons. The maximum atomic E-state index is 3.53. The van der Waals surface area contributed by atoms with Crippen LogP contribution in [0.3, 0.4) is 0 Å².